The Bertz CT molecular complexity index is 1180. The number of amides is 2. The molecule has 1 fully saturated rings. The highest BCUT2D eigenvalue weighted by Gasteiger charge is 2.26. The summed E-state index contributed by atoms with van der Waals surface area (Å²) in [6, 6.07) is 14.9. The molecule has 170 valence electrons. The van der Waals surface area contributed by atoms with Crippen LogP contribution in [-0.2, 0) is 11.3 Å². The molecule has 3 aromatic rings. The second kappa shape index (κ2) is 9.74. The normalized spacial score (nSPS) is 15.2. The van der Waals surface area contributed by atoms with E-state index in [-0.39, 0.29) is 17.2 Å². The van der Waals surface area contributed by atoms with Gasteiger partial charge in [0.05, 0.1) is 10.4 Å². The lowest BCUT2D eigenvalue weighted by Crippen LogP contribution is -2.53. The number of para-hydroxylation sites is 1. The summed E-state index contributed by atoms with van der Waals surface area (Å²) < 4.78 is 0. The minimum Gasteiger partial charge on any atom is -0.341 e. The second-order valence-electron chi connectivity index (χ2n) is 8.10. The van der Waals surface area contributed by atoms with Gasteiger partial charge < -0.3 is 10.2 Å². The van der Waals surface area contributed by atoms with Crippen LogP contribution in [0.3, 0.4) is 0 Å². The number of carbonyl (C=O) groups excluding carboxylic acids is 2. The minimum absolute atomic E-state index is 0.150. The minimum atomic E-state index is -0.731. The molecule has 0 bridgehead atoms. The van der Waals surface area contributed by atoms with E-state index in [0.29, 0.717) is 13.1 Å². The van der Waals surface area contributed by atoms with Crippen LogP contribution in [-0.4, -0.2) is 63.7 Å². The van der Waals surface area contributed by atoms with Gasteiger partial charge in [0.2, 0.25) is 5.91 Å². The monoisotopic (exact) mass is 447 g/mol. The fourth-order valence-electron chi connectivity index (χ4n) is 4.04. The number of aromatic nitrogens is 1. The van der Waals surface area contributed by atoms with Crippen molar-refractivity contribution in [2.24, 2.45) is 0 Å². The van der Waals surface area contributed by atoms with Crippen LogP contribution in [0.5, 0.6) is 0 Å². The topological polar surface area (TPSA) is 109 Å². The quantitative estimate of drug-likeness (QED) is 0.460. The summed E-state index contributed by atoms with van der Waals surface area (Å²) in [5.74, 6) is -0.679. The maximum Gasteiger partial charge on any atom is 0.270 e. The molecule has 0 saturated carbocycles. The Hall–Kier alpha value is -3.85. The largest absolute Gasteiger partial charge is 0.341 e. The summed E-state index contributed by atoms with van der Waals surface area (Å²) in [6.07, 6.45) is 1.80. The molecule has 1 aromatic heterocycles. The number of non-ortho nitro benzene ring substituents is 1. The predicted molar refractivity (Wildman–Crippen MR) is 124 cm³/mol. The molecule has 1 saturated heterocycles. The second-order valence-corrected chi connectivity index (χ2v) is 8.10. The van der Waals surface area contributed by atoms with Gasteiger partial charge in [0, 0.05) is 62.0 Å². The van der Waals surface area contributed by atoms with Crippen molar-refractivity contribution in [2.45, 2.75) is 19.5 Å². The standard InChI is InChI=1S/C24H25N5O4/c1-17(26-23(30)19-6-3-9-21(15-19)29(32)33)24(31)28-13-11-27(12-14-28)16-20-7-2-5-18-8-4-10-25-22(18)20/h2-10,15,17H,11-14,16H2,1H3,(H,26,30). The molecule has 1 unspecified atom stereocenters. The van der Waals surface area contributed by atoms with Gasteiger partial charge in [0.25, 0.3) is 11.6 Å². The van der Waals surface area contributed by atoms with Gasteiger partial charge in [-0.3, -0.25) is 29.6 Å². The maximum atomic E-state index is 12.9. The van der Waals surface area contributed by atoms with Gasteiger partial charge in [-0.15, -0.1) is 0 Å². The van der Waals surface area contributed by atoms with Crippen LogP contribution >= 0.6 is 0 Å². The molecule has 1 aliphatic heterocycles. The molecular weight excluding hydrogens is 422 g/mol. The molecular formula is C24H25N5O4. The van der Waals surface area contributed by atoms with Gasteiger partial charge in [-0.05, 0) is 24.6 Å². The number of nitro benzene ring substituents is 1. The van der Waals surface area contributed by atoms with E-state index in [1.165, 1.54) is 24.3 Å². The molecule has 9 nitrogen and oxygen atoms in total. The highest BCUT2D eigenvalue weighted by molar-refractivity contribution is 5.97. The summed E-state index contributed by atoms with van der Waals surface area (Å²) in [4.78, 5) is 44.2. The predicted octanol–water partition coefficient (Wildman–Crippen LogP) is 2.61. The molecule has 9 heteroatoms. The van der Waals surface area contributed by atoms with Crippen molar-refractivity contribution in [3.8, 4) is 0 Å². The number of pyridine rings is 1. The number of fused-ring (bicyclic) bond motifs is 1. The number of nitrogens with one attached hydrogen (secondary N) is 1. The fraction of sp³-hybridized carbons (Fsp3) is 0.292. The SMILES string of the molecule is CC(NC(=O)c1cccc([N+](=O)[O-])c1)C(=O)N1CCN(Cc2cccc3cccnc23)CC1. The molecule has 1 N–H and O–H groups in total. The van der Waals surface area contributed by atoms with E-state index >= 15 is 0 Å². The lowest BCUT2D eigenvalue weighted by molar-refractivity contribution is -0.384. The first-order chi connectivity index (χ1) is 15.9. The number of piperazine rings is 1. The Labute approximate surface area is 191 Å². The van der Waals surface area contributed by atoms with Crippen LogP contribution in [0.15, 0.2) is 60.8 Å². The fourth-order valence-corrected chi connectivity index (χ4v) is 4.04. The summed E-state index contributed by atoms with van der Waals surface area (Å²) in [6.45, 7) is 4.96. The van der Waals surface area contributed by atoms with Crippen molar-refractivity contribution < 1.29 is 14.5 Å². The Morgan fingerprint density at radius 2 is 1.82 bits per heavy atom. The van der Waals surface area contributed by atoms with Gasteiger partial charge in [-0.25, -0.2) is 0 Å². The molecule has 0 spiro atoms. The number of nitro groups is 1. The van der Waals surface area contributed by atoms with Crippen molar-refractivity contribution >= 4 is 28.4 Å². The summed E-state index contributed by atoms with van der Waals surface area (Å²) >= 11 is 0. The van der Waals surface area contributed by atoms with Crippen LogP contribution in [0.2, 0.25) is 0 Å². The summed E-state index contributed by atoms with van der Waals surface area (Å²) in [7, 11) is 0. The zero-order valence-corrected chi connectivity index (χ0v) is 18.3. The number of nitrogens with zero attached hydrogens (tertiary/aromatic N) is 4. The number of rotatable bonds is 6. The molecule has 2 heterocycles. The summed E-state index contributed by atoms with van der Waals surface area (Å²) in [5, 5.41) is 14.7. The van der Waals surface area contributed by atoms with Crippen molar-refractivity contribution in [1.29, 1.82) is 0 Å². The van der Waals surface area contributed by atoms with E-state index in [1.807, 2.05) is 24.3 Å². The van der Waals surface area contributed by atoms with E-state index in [1.54, 1.807) is 18.0 Å². The first-order valence-corrected chi connectivity index (χ1v) is 10.8. The number of benzene rings is 2. The third kappa shape index (κ3) is 5.15. The van der Waals surface area contributed by atoms with Gasteiger partial charge in [0.1, 0.15) is 6.04 Å². The molecule has 1 aliphatic rings. The van der Waals surface area contributed by atoms with Crippen LogP contribution in [0.1, 0.15) is 22.8 Å². The molecule has 1 atom stereocenters. The van der Waals surface area contributed by atoms with Crippen molar-refractivity contribution in [3.63, 3.8) is 0 Å². The first-order valence-electron chi connectivity index (χ1n) is 10.8. The average Bonchev–Trinajstić information content (AvgIpc) is 2.84. The van der Waals surface area contributed by atoms with E-state index in [4.69, 9.17) is 0 Å². The zero-order chi connectivity index (χ0) is 23.4. The van der Waals surface area contributed by atoms with E-state index < -0.39 is 16.9 Å². The molecule has 2 aromatic carbocycles. The van der Waals surface area contributed by atoms with Gasteiger partial charge in [-0.2, -0.15) is 0 Å². The molecule has 0 aliphatic carbocycles. The maximum absolute atomic E-state index is 12.9. The molecule has 2 amide bonds. The van der Waals surface area contributed by atoms with Crippen molar-refractivity contribution in [3.05, 3.63) is 82.0 Å². The van der Waals surface area contributed by atoms with Crippen molar-refractivity contribution in [1.82, 2.24) is 20.1 Å². The molecule has 33 heavy (non-hydrogen) atoms. The smallest absolute Gasteiger partial charge is 0.270 e. The average molecular weight is 447 g/mol. The third-order valence-electron chi connectivity index (χ3n) is 5.83. The highest BCUT2D eigenvalue weighted by atomic mass is 16.6. The Kier molecular flexibility index (Phi) is 6.60. The Balaban J connectivity index is 1.32. The first kappa shape index (κ1) is 22.3. The van der Waals surface area contributed by atoms with Crippen molar-refractivity contribution in [2.75, 3.05) is 26.2 Å². The van der Waals surface area contributed by atoms with E-state index in [2.05, 4.69) is 21.3 Å². The van der Waals surface area contributed by atoms with Crippen LogP contribution in [0.25, 0.3) is 10.9 Å². The molecule has 4 rings (SSSR count). The number of hydrogen-bond acceptors (Lipinski definition) is 6. The number of carbonyl (C=O) groups is 2. The third-order valence-corrected chi connectivity index (χ3v) is 5.83. The van der Waals surface area contributed by atoms with Gasteiger partial charge in [-0.1, -0.05) is 30.3 Å². The van der Waals surface area contributed by atoms with Gasteiger partial charge >= 0.3 is 0 Å². The van der Waals surface area contributed by atoms with Gasteiger partial charge in [0.15, 0.2) is 0 Å². The zero-order valence-electron chi connectivity index (χ0n) is 18.3. The van der Waals surface area contributed by atoms with E-state index in [9.17, 15) is 19.7 Å². The lowest BCUT2D eigenvalue weighted by Gasteiger charge is -2.36. The van der Waals surface area contributed by atoms with Crippen LogP contribution in [0, 0.1) is 10.1 Å². The molecule has 0 radical (unpaired) electrons. The summed E-state index contributed by atoms with van der Waals surface area (Å²) in [5.41, 5.74) is 2.14. The lowest BCUT2D eigenvalue weighted by atomic mass is 10.1. The number of hydrogen-bond donors (Lipinski definition) is 1. The van der Waals surface area contributed by atoms with E-state index in [0.717, 1.165) is 36.1 Å². The van der Waals surface area contributed by atoms with Crippen LogP contribution in [0.4, 0.5) is 5.69 Å². The highest BCUT2D eigenvalue weighted by Crippen LogP contribution is 2.19. The Morgan fingerprint density at radius 1 is 1.09 bits per heavy atom. The Morgan fingerprint density at radius 3 is 2.58 bits per heavy atom. The van der Waals surface area contributed by atoms with Crippen LogP contribution < -0.4 is 5.32 Å².